The first kappa shape index (κ1) is 49.0. The van der Waals surface area contributed by atoms with Crippen molar-refractivity contribution in [2.45, 2.75) is 197 Å². The Morgan fingerprint density at radius 2 is 0.882 bits per heavy atom. The molecule has 0 bridgehead atoms. The zero-order valence-corrected chi connectivity index (χ0v) is 30.9. The molecule has 0 aliphatic rings. The van der Waals surface area contributed by atoms with Gasteiger partial charge in [0.25, 0.3) is 0 Å². The zero-order valence-electron chi connectivity index (χ0n) is 30.9. The number of carbonyl (C=O) groups is 3. The molecule has 302 valence electrons. The van der Waals surface area contributed by atoms with E-state index in [0.717, 1.165) is 51.4 Å². The van der Waals surface area contributed by atoms with Crippen molar-refractivity contribution in [1.29, 1.82) is 0 Å². The van der Waals surface area contributed by atoms with Gasteiger partial charge < -0.3 is 60.2 Å². The van der Waals surface area contributed by atoms with Crippen molar-refractivity contribution in [3.63, 3.8) is 0 Å². The van der Waals surface area contributed by atoms with Crippen molar-refractivity contribution in [3.8, 4) is 0 Å². The van der Waals surface area contributed by atoms with Crippen LogP contribution in [0.4, 0.5) is 0 Å². The van der Waals surface area contributed by atoms with Crippen molar-refractivity contribution in [2.75, 3.05) is 13.2 Å². The molecule has 0 aliphatic heterocycles. The van der Waals surface area contributed by atoms with Crippen LogP contribution in [0.25, 0.3) is 0 Å². The van der Waals surface area contributed by atoms with E-state index in [4.69, 9.17) is 19.3 Å². The third-order valence-electron chi connectivity index (χ3n) is 8.56. The Balaban J connectivity index is 5.08. The number of hydrogen-bond acceptors (Lipinski definition) is 15. The first-order chi connectivity index (χ1) is 24.2. The summed E-state index contributed by atoms with van der Waals surface area (Å²) in [5.41, 5.74) is 0. The molecule has 0 aromatic rings. The number of esters is 3. The van der Waals surface area contributed by atoms with Crippen molar-refractivity contribution >= 4 is 17.9 Å². The minimum atomic E-state index is -1.92. The second kappa shape index (κ2) is 29.5. The molecule has 0 radical (unpaired) electrons. The molecule has 0 saturated carbocycles. The maximum Gasteiger partial charge on any atom is 0.308 e. The third-order valence-corrected chi connectivity index (χ3v) is 8.56. The lowest BCUT2D eigenvalue weighted by Gasteiger charge is -2.25. The minimum Gasteiger partial charge on any atom is -0.463 e. The molecule has 0 saturated heterocycles. The van der Waals surface area contributed by atoms with Crippen LogP contribution in [0.15, 0.2) is 0 Å². The predicted molar refractivity (Wildman–Crippen MR) is 186 cm³/mol. The fourth-order valence-electron chi connectivity index (χ4n) is 5.56. The summed E-state index contributed by atoms with van der Waals surface area (Å²) in [5, 5.41) is 89.5. The molecule has 51 heavy (non-hydrogen) atoms. The standard InChI is InChI=1S/C36H68O15/c1-4-7-10-13-24(38)16-25(39)20-33(45)50-29(15-12-9-6-3)18-27(41)21-34(46)51-28(14-11-8-5-2)17-26(40)19-32(44)49-23-31(43)36(48)35(47)30(42)22-37/h24-31,35-43,47-48H,4-23H2,1-3H3. The molecule has 0 aromatic carbocycles. The summed E-state index contributed by atoms with van der Waals surface area (Å²) in [6.07, 6.45) is -5.43. The van der Waals surface area contributed by atoms with Crippen LogP contribution in [-0.4, -0.2) is 138 Å². The van der Waals surface area contributed by atoms with Gasteiger partial charge in [-0.2, -0.15) is 0 Å². The number of ether oxygens (including phenoxy) is 3. The van der Waals surface area contributed by atoms with Crippen molar-refractivity contribution in [3.05, 3.63) is 0 Å². The van der Waals surface area contributed by atoms with Gasteiger partial charge in [-0.15, -0.1) is 0 Å². The highest BCUT2D eigenvalue weighted by Crippen LogP contribution is 2.20. The summed E-state index contributed by atoms with van der Waals surface area (Å²) in [7, 11) is 0. The second-order valence-electron chi connectivity index (χ2n) is 13.6. The number of rotatable bonds is 32. The normalized spacial score (nSPS) is 17.6. The number of aliphatic hydroxyl groups is 9. The molecule has 0 heterocycles. The van der Waals surface area contributed by atoms with Crippen molar-refractivity contribution < 1.29 is 74.6 Å². The minimum absolute atomic E-state index is 0.0359. The topological polar surface area (TPSA) is 261 Å². The molecule has 0 amide bonds. The Morgan fingerprint density at radius 3 is 1.31 bits per heavy atom. The maximum absolute atomic E-state index is 12.8. The van der Waals surface area contributed by atoms with Gasteiger partial charge in [0.2, 0.25) is 0 Å². The molecule has 0 rings (SSSR count). The number of carbonyl (C=O) groups excluding carboxylic acids is 3. The highest BCUT2D eigenvalue weighted by Gasteiger charge is 2.31. The van der Waals surface area contributed by atoms with E-state index in [-0.39, 0.29) is 25.7 Å². The van der Waals surface area contributed by atoms with Gasteiger partial charge in [-0.25, -0.2) is 0 Å². The van der Waals surface area contributed by atoms with Gasteiger partial charge in [0.15, 0.2) is 0 Å². The monoisotopic (exact) mass is 740 g/mol. The third kappa shape index (κ3) is 24.8. The van der Waals surface area contributed by atoms with Crippen molar-refractivity contribution in [1.82, 2.24) is 0 Å². The average molecular weight is 741 g/mol. The molecule has 15 heteroatoms. The van der Waals surface area contributed by atoms with Gasteiger partial charge in [-0.1, -0.05) is 65.7 Å². The molecule has 0 aliphatic carbocycles. The lowest BCUT2D eigenvalue weighted by atomic mass is 10.0. The summed E-state index contributed by atoms with van der Waals surface area (Å²) in [6, 6.07) is 0. The highest BCUT2D eigenvalue weighted by molar-refractivity contribution is 5.71. The molecular weight excluding hydrogens is 672 g/mol. The summed E-state index contributed by atoms with van der Waals surface area (Å²) in [6.45, 7) is 4.43. The van der Waals surface area contributed by atoms with Crippen LogP contribution in [0.5, 0.6) is 0 Å². The molecule has 0 spiro atoms. The van der Waals surface area contributed by atoms with Crippen LogP contribution in [0.3, 0.4) is 0 Å². The second-order valence-corrected chi connectivity index (χ2v) is 13.6. The van der Waals surface area contributed by atoms with E-state index < -0.39 is 105 Å². The van der Waals surface area contributed by atoms with E-state index in [1.54, 1.807) is 0 Å². The molecule has 10 atom stereocenters. The van der Waals surface area contributed by atoms with Crippen LogP contribution < -0.4 is 0 Å². The van der Waals surface area contributed by atoms with Crippen LogP contribution in [0.2, 0.25) is 0 Å². The Bertz CT molecular complexity index is 906. The Labute approximate surface area is 302 Å². The Kier molecular flexibility index (Phi) is 28.4. The van der Waals surface area contributed by atoms with E-state index >= 15 is 0 Å². The lowest BCUT2D eigenvalue weighted by molar-refractivity contribution is -0.159. The smallest absolute Gasteiger partial charge is 0.308 e. The van der Waals surface area contributed by atoms with Gasteiger partial charge in [0, 0.05) is 12.8 Å². The van der Waals surface area contributed by atoms with Gasteiger partial charge >= 0.3 is 17.9 Å². The quantitative estimate of drug-likeness (QED) is 0.0268. The Hall–Kier alpha value is -1.95. The highest BCUT2D eigenvalue weighted by atomic mass is 16.6. The molecule has 0 fully saturated rings. The predicted octanol–water partition coefficient (Wildman–Crippen LogP) is 1.31. The summed E-state index contributed by atoms with van der Waals surface area (Å²) in [5.74, 6) is -2.35. The average Bonchev–Trinajstić information content (AvgIpc) is 3.05. The van der Waals surface area contributed by atoms with Gasteiger partial charge in [0.05, 0.1) is 50.3 Å². The first-order valence-corrected chi connectivity index (χ1v) is 18.8. The largest absolute Gasteiger partial charge is 0.463 e. The van der Waals surface area contributed by atoms with Crippen molar-refractivity contribution in [2.24, 2.45) is 0 Å². The number of unbranched alkanes of at least 4 members (excludes halogenated alkanes) is 6. The maximum atomic E-state index is 12.8. The lowest BCUT2D eigenvalue weighted by Crippen LogP contribution is -2.47. The van der Waals surface area contributed by atoms with Gasteiger partial charge in [0.1, 0.15) is 43.2 Å². The molecule has 15 nitrogen and oxygen atoms in total. The van der Waals surface area contributed by atoms with Crippen LogP contribution in [0.1, 0.15) is 136 Å². The van der Waals surface area contributed by atoms with E-state index in [9.17, 15) is 55.2 Å². The van der Waals surface area contributed by atoms with E-state index in [1.807, 2.05) is 20.8 Å². The van der Waals surface area contributed by atoms with Gasteiger partial charge in [-0.3, -0.25) is 14.4 Å². The number of hydrogen-bond donors (Lipinski definition) is 9. The van der Waals surface area contributed by atoms with Gasteiger partial charge in [-0.05, 0) is 38.5 Å². The number of aliphatic hydroxyl groups excluding tert-OH is 9. The fourth-order valence-corrected chi connectivity index (χ4v) is 5.56. The van der Waals surface area contributed by atoms with Crippen LogP contribution in [-0.2, 0) is 28.6 Å². The SMILES string of the molecule is CCCCCC(O)CC(O)CC(=O)OC(CCCCC)CC(O)CC(=O)OC(CCCCC)CC(O)CC(=O)OCC(O)C(O)C(O)C(O)CO. The summed E-state index contributed by atoms with van der Waals surface area (Å²) < 4.78 is 16.0. The van der Waals surface area contributed by atoms with Crippen LogP contribution in [0, 0.1) is 0 Å². The van der Waals surface area contributed by atoms with E-state index in [2.05, 4.69) is 0 Å². The molecule has 9 N–H and O–H groups in total. The molecule has 0 aromatic heterocycles. The zero-order chi connectivity index (χ0) is 38.8. The first-order valence-electron chi connectivity index (χ1n) is 18.8. The molecule has 10 unspecified atom stereocenters. The van der Waals surface area contributed by atoms with E-state index in [1.165, 1.54) is 0 Å². The van der Waals surface area contributed by atoms with Crippen LogP contribution >= 0.6 is 0 Å². The van der Waals surface area contributed by atoms with E-state index in [0.29, 0.717) is 25.7 Å². The summed E-state index contributed by atoms with van der Waals surface area (Å²) >= 11 is 0. The Morgan fingerprint density at radius 1 is 0.490 bits per heavy atom. The fraction of sp³-hybridized carbons (Fsp3) is 0.917. The summed E-state index contributed by atoms with van der Waals surface area (Å²) in [4.78, 5) is 37.7. The molecular formula is C36H68O15.